The Balaban J connectivity index is 1.65. The Morgan fingerprint density at radius 1 is 0.433 bits per heavy atom. The Bertz CT molecular complexity index is 873. The zero-order valence-electron chi connectivity index (χ0n) is 16.8. The molecule has 0 amide bonds. The number of allylic oxidation sites excluding steroid dienone is 21. The molecule has 0 bridgehead atoms. The fourth-order valence-electron chi connectivity index (χ4n) is 2.60. The summed E-state index contributed by atoms with van der Waals surface area (Å²) in [5.41, 5.74) is 0. The van der Waals surface area contributed by atoms with Crippen molar-refractivity contribution in [3.8, 4) is 0 Å². The second kappa shape index (κ2) is 12.7. The molecule has 0 aliphatic heterocycles. The quantitative estimate of drug-likeness (QED) is 0.494. The van der Waals surface area contributed by atoms with Crippen LogP contribution in [0.3, 0.4) is 0 Å². The average molecular weight is 399 g/mol. The van der Waals surface area contributed by atoms with Crippen molar-refractivity contribution in [1.29, 1.82) is 0 Å². The van der Waals surface area contributed by atoms with Crippen LogP contribution in [-0.4, -0.2) is 19.3 Å². The van der Waals surface area contributed by atoms with E-state index in [9.17, 15) is 0 Å². The van der Waals surface area contributed by atoms with Crippen LogP contribution in [0.4, 0.5) is 0 Å². The number of rotatable bonds is 8. The molecule has 0 unspecified atom stereocenters. The summed E-state index contributed by atoms with van der Waals surface area (Å²) in [6.07, 6.45) is 40.6. The Hall–Kier alpha value is -3.72. The van der Waals surface area contributed by atoms with Crippen LogP contribution in [0.5, 0.6) is 0 Å². The molecule has 3 aliphatic rings. The molecule has 3 aliphatic carbocycles. The van der Waals surface area contributed by atoms with Crippen molar-refractivity contribution in [2.45, 2.75) is 6.10 Å². The molecule has 0 atom stereocenters. The molecule has 0 spiro atoms. The van der Waals surface area contributed by atoms with Crippen LogP contribution in [-0.2, 0) is 14.2 Å². The van der Waals surface area contributed by atoms with E-state index in [2.05, 4.69) is 0 Å². The van der Waals surface area contributed by atoms with Crippen LogP contribution < -0.4 is 0 Å². The van der Waals surface area contributed by atoms with E-state index < -0.39 is 0 Å². The van der Waals surface area contributed by atoms with E-state index in [0.29, 0.717) is 13.2 Å². The molecule has 0 heterocycles. The molecule has 0 aromatic heterocycles. The van der Waals surface area contributed by atoms with Crippen LogP contribution in [0, 0.1) is 0 Å². The second-order valence-electron chi connectivity index (χ2n) is 6.46. The highest BCUT2D eigenvalue weighted by Gasteiger charge is 2.14. The van der Waals surface area contributed by atoms with Crippen LogP contribution in [0.1, 0.15) is 0 Å². The predicted octanol–water partition coefficient (Wildman–Crippen LogP) is 6.10. The summed E-state index contributed by atoms with van der Waals surface area (Å²) in [5, 5.41) is 0. The van der Waals surface area contributed by atoms with E-state index >= 15 is 0 Å². The van der Waals surface area contributed by atoms with Gasteiger partial charge in [-0.2, -0.15) is 0 Å². The predicted molar refractivity (Wildman–Crippen MR) is 123 cm³/mol. The van der Waals surface area contributed by atoms with Crippen LogP contribution in [0.15, 0.2) is 145 Å². The lowest BCUT2D eigenvalue weighted by Crippen LogP contribution is -2.25. The van der Waals surface area contributed by atoms with Gasteiger partial charge >= 0.3 is 0 Å². The van der Waals surface area contributed by atoms with E-state index in [-0.39, 0.29) is 6.10 Å². The maximum atomic E-state index is 6.19. The van der Waals surface area contributed by atoms with Crippen molar-refractivity contribution < 1.29 is 14.2 Å². The molecule has 0 N–H and O–H groups in total. The largest absolute Gasteiger partial charge is 0.490 e. The van der Waals surface area contributed by atoms with Gasteiger partial charge in [-0.25, -0.2) is 0 Å². The maximum absolute atomic E-state index is 6.19. The molecule has 0 saturated heterocycles. The highest BCUT2D eigenvalue weighted by Crippen LogP contribution is 2.13. The summed E-state index contributed by atoms with van der Waals surface area (Å²) in [4.78, 5) is 0. The summed E-state index contributed by atoms with van der Waals surface area (Å²) >= 11 is 0. The van der Waals surface area contributed by atoms with Gasteiger partial charge in [0.2, 0.25) is 0 Å². The minimum absolute atomic E-state index is 0.295. The van der Waals surface area contributed by atoms with Crippen molar-refractivity contribution in [3.63, 3.8) is 0 Å². The molecule has 3 heteroatoms. The highest BCUT2D eigenvalue weighted by molar-refractivity contribution is 5.29. The molecule has 0 aromatic carbocycles. The van der Waals surface area contributed by atoms with Gasteiger partial charge in [-0.15, -0.1) is 0 Å². The van der Waals surface area contributed by atoms with Gasteiger partial charge in [0, 0.05) is 0 Å². The van der Waals surface area contributed by atoms with Crippen molar-refractivity contribution in [2.24, 2.45) is 0 Å². The zero-order chi connectivity index (χ0) is 20.7. The van der Waals surface area contributed by atoms with Crippen molar-refractivity contribution in [3.05, 3.63) is 145 Å². The summed E-state index contributed by atoms with van der Waals surface area (Å²) in [6.45, 7) is 0.705. The van der Waals surface area contributed by atoms with Crippen LogP contribution >= 0.6 is 0 Å². The average Bonchev–Trinajstić information content (AvgIpc) is 2.67. The van der Waals surface area contributed by atoms with Gasteiger partial charge in [-0.1, -0.05) is 91.1 Å². The first-order chi connectivity index (χ1) is 14.9. The van der Waals surface area contributed by atoms with Crippen molar-refractivity contribution in [2.75, 3.05) is 13.2 Å². The Labute approximate surface area is 178 Å². The number of hydrogen-bond donors (Lipinski definition) is 0. The minimum atomic E-state index is -0.295. The zero-order valence-corrected chi connectivity index (χ0v) is 16.8. The summed E-state index contributed by atoms with van der Waals surface area (Å²) in [7, 11) is 0. The lowest BCUT2D eigenvalue weighted by Gasteiger charge is -2.21. The number of ether oxygens (including phenoxy) is 3. The van der Waals surface area contributed by atoms with Gasteiger partial charge in [-0.05, 0) is 36.5 Å². The first-order valence-corrected chi connectivity index (χ1v) is 9.97. The monoisotopic (exact) mass is 398 g/mol. The summed E-state index contributed by atoms with van der Waals surface area (Å²) < 4.78 is 18.2. The Kier molecular flexibility index (Phi) is 8.88. The van der Waals surface area contributed by atoms with E-state index in [1.54, 1.807) is 0 Å². The van der Waals surface area contributed by atoms with Gasteiger partial charge < -0.3 is 14.2 Å². The highest BCUT2D eigenvalue weighted by atomic mass is 16.6. The van der Waals surface area contributed by atoms with Gasteiger partial charge in [0.25, 0.3) is 0 Å². The second-order valence-corrected chi connectivity index (χ2v) is 6.46. The van der Waals surface area contributed by atoms with E-state index in [1.165, 1.54) is 0 Å². The lowest BCUT2D eigenvalue weighted by atomic mass is 10.2. The molecule has 0 fully saturated rings. The topological polar surface area (TPSA) is 27.7 Å². The maximum Gasteiger partial charge on any atom is 0.166 e. The molecule has 30 heavy (non-hydrogen) atoms. The standard InChI is InChI=1S/C27H26O3/c1-4-10-16-24(17-11-5-1)28-22-27(30-26-20-14-8-3-9-15-21-26)23-29-25-18-12-6-2-7-13-19-25/h1-21,27H,22-23H2. The first kappa shape index (κ1) is 21.0. The van der Waals surface area contributed by atoms with Crippen molar-refractivity contribution >= 4 is 0 Å². The number of hydrogen-bond acceptors (Lipinski definition) is 3. The SMILES string of the molecule is C1=CC=CC(OCC(COC2=CC=CC=CC=C2)OC2=CC=CC=CC=C2)=CC=C1. The van der Waals surface area contributed by atoms with Gasteiger partial charge in [0.1, 0.15) is 30.5 Å². The molecular weight excluding hydrogens is 372 g/mol. The molecule has 3 nitrogen and oxygen atoms in total. The smallest absolute Gasteiger partial charge is 0.166 e. The molecule has 0 radical (unpaired) electrons. The third kappa shape index (κ3) is 8.11. The fraction of sp³-hybridized carbons (Fsp3) is 0.111. The van der Waals surface area contributed by atoms with E-state index in [1.807, 2.05) is 128 Å². The van der Waals surface area contributed by atoms with Gasteiger partial charge in [0.15, 0.2) is 6.10 Å². The Morgan fingerprint density at radius 2 is 0.800 bits per heavy atom. The summed E-state index contributed by atoms with van der Waals surface area (Å²) in [6, 6.07) is 0. The minimum Gasteiger partial charge on any atom is -0.490 e. The third-order valence-corrected chi connectivity index (χ3v) is 4.07. The molecular formula is C27H26O3. The van der Waals surface area contributed by atoms with Crippen LogP contribution in [0.25, 0.3) is 0 Å². The van der Waals surface area contributed by atoms with Gasteiger partial charge in [-0.3, -0.25) is 0 Å². The van der Waals surface area contributed by atoms with Crippen molar-refractivity contribution in [1.82, 2.24) is 0 Å². The first-order valence-electron chi connectivity index (χ1n) is 9.97. The molecule has 0 saturated carbocycles. The summed E-state index contributed by atoms with van der Waals surface area (Å²) in [5.74, 6) is 2.29. The van der Waals surface area contributed by atoms with E-state index in [4.69, 9.17) is 14.2 Å². The molecule has 152 valence electrons. The fourth-order valence-corrected chi connectivity index (χ4v) is 2.60. The third-order valence-electron chi connectivity index (χ3n) is 4.07. The molecule has 0 aromatic rings. The van der Waals surface area contributed by atoms with E-state index in [0.717, 1.165) is 17.3 Å². The normalized spacial score (nSPS) is 18.2. The molecule has 3 rings (SSSR count). The lowest BCUT2D eigenvalue weighted by molar-refractivity contribution is 0.00378. The van der Waals surface area contributed by atoms with Crippen LogP contribution in [0.2, 0.25) is 0 Å². The Morgan fingerprint density at radius 3 is 1.30 bits per heavy atom. The van der Waals surface area contributed by atoms with Gasteiger partial charge in [0.05, 0.1) is 0 Å².